The monoisotopic (exact) mass is 457 g/mol. The molecular weight excluding hydrogens is 434 g/mol. The van der Waals surface area contributed by atoms with E-state index in [0.717, 1.165) is 34.6 Å². The van der Waals surface area contributed by atoms with E-state index in [4.69, 9.17) is 5.10 Å². The largest absolute Gasteiger partial charge is 0.370 e. The van der Waals surface area contributed by atoms with Crippen molar-refractivity contribution >= 4 is 21.7 Å². The molecule has 0 amide bonds. The summed E-state index contributed by atoms with van der Waals surface area (Å²) in [5.41, 5.74) is 6.10. The number of benzene rings is 3. The minimum atomic E-state index is 0.106. The van der Waals surface area contributed by atoms with Crippen molar-refractivity contribution in [2.45, 2.75) is 25.2 Å². The fourth-order valence-electron chi connectivity index (χ4n) is 4.35. The third-order valence-corrected chi connectivity index (χ3v) is 6.25. The molecule has 3 nitrogen and oxygen atoms in total. The maximum atomic E-state index is 5.23. The number of rotatable bonds is 4. The fraction of sp³-hybridized carbons (Fsp3) is 0.192. The maximum absolute atomic E-state index is 5.23. The van der Waals surface area contributed by atoms with Crippen LogP contribution in [0.25, 0.3) is 5.69 Å². The number of hydrogen-bond acceptors (Lipinski definition) is 2. The van der Waals surface area contributed by atoms with Crippen molar-refractivity contribution in [2.24, 2.45) is 0 Å². The van der Waals surface area contributed by atoms with Gasteiger partial charge < -0.3 is 5.32 Å². The van der Waals surface area contributed by atoms with Crippen LogP contribution in [0.2, 0.25) is 0 Å². The van der Waals surface area contributed by atoms with E-state index in [-0.39, 0.29) is 5.92 Å². The van der Waals surface area contributed by atoms with Gasteiger partial charge in [0.25, 0.3) is 0 Å². The van der Waals surface area contributed by atoms with Crippen molar-refractivity contribution in [1.82, 2.24) is 9.78 Å². The molecule has 4 heteroatoms. The standard InChI is InChI=1S/C26H24BrN3/c27-21-14-9-15-22(18-21)30-26-23(16-7-8-17-28-26)25(29-30)24(19-10-3-1-4-11-19)20-12-5-2-6-13-20/h1-6,9-15,18,24,28H,7-8,16-17H2. The highest BCUT2D eigenvalue weighted by molar-refractivity contribution is 9.10. The Labute approximate surface area is 185 Å². The van der Waals surface area contributed by atoms with Crippen molar-refractivity contribution in [3.05, 3.63) is 112 Å². The van der Waals surface area contributed by atoms with Gasteiger partial charge in [-0.25, -0.2) is 4.68 Å². The zero-order chi connectivity index (χ0) is 20.3. The molecule has 4 aromatic rings. The second-order valence-corrected chi connectivity index (χ2v) is 8.66. The van der Waals surface area contributed by atoms with Gasteiger partial charge in [0.15, 0.2) is 0 Å². The molecule has 0 saturated carbocycles. The van der Waals surface area contributed by atoms with Crippen LogP contribution in [0.15, 0.2) is 89.4 Å². The van der Waals surface area contributed by atoms with Crippen LogP contribution in [0.5, 0.6) is 0 Å². The lowest BCUT2D eigenvalue weighted by atomic mass is 9.86. The molecule has 3 aromatic carbocycles. The average Bonchev–Trinajstić information content (AvgIpc) is 2.96. The Kier molecular flexibility index (Phi) is 5.41. The van der Waals surface area contributed by atoms with Gasteiger partial charge in [0.2, 0.25) is 0 Å². The Morgan fingerprint density at radius 1 is 0.833 bits per heavy atom. The first-order chi connectivity index (χ1) is 14.8. The van der Waals surface area contributed by atoms with Crippen molar-refractivity contribution in [1.29, 1.82) is 0 Å². The fourth-order valence-corrected chi connectivity index (χ4v) is 4.74. The lowest BCUT2D eigenvalue weighted by Gasteiger charge is -2.18. The summed E-state index contributed by atoms with van der Waals surface area (Å²) in [5, 5.41) is 8.91. The predicted octanol–water partition coefficient (Wildman–Crippen LogP) is 6.56. The number of nitrogens with zero attached hydrogens (tertiary/aromatic N) is 2. The van der Waals surface area contributed by atoms with E-state index < -0.39 is 0 Å². The molecule has 150 valence electrons. The van der Waals surface area contributed by atoms with Gasteiger partial charge in [-0.15, -0.1) is 0 Å². The number of aromatic nitrogens is 2. The highest BCUT2D eigenvalue weighted by Crippen LogP contribution is 2.38. The molecule has 0 saturated heterocycles. The zero-order valence-corrected chi connectivity index (χ0v) is 18.3. The summed E-state index contributed by atoms with van der Waals surface area (Å²) in [6.07, 6.45) is 3.39. The summed E-state index contributed by atoms with van der Waals surface area (Å²) in [4.78, 5) is 0. The molecule has 1 aromatic heterocycles. The SMILES string of the molecule is Brc1cccc(-n2nc(C(c3ccccc3)c3ccccc3)c3c2NCCCC3)c1. The van der Waals surface area contributed by atoms with Crippen molar-refractivity contribution in [3.63, 3.8) is 0 Å². The summed E-state index contributed by atoms with van der Waals surface area (Å²) in [6, 6.07) is 29.9. The smallest absolute Gasteiger partial charge is 0.133 e. The third-order valence-electron chi connectivity index (χ3n) is 5.75. The van der Waals surface area contributed by atoms with Crippen LogP contribution in [0, 0.1) is 0 Å². The summed E-state index contributed by atoms with van der Waals surface area (Å²) >= 11 is 3.62. The molecule has 0 radical (unpaired) electrons. The normalized spacial score (nSPS) is 13.5. The van der Waals surface area contributed by atoms with E-state index in [0.29, 0.717) is 0 Å². The maximum Gasteiger partial charge on any atom is 0.133 e. The van der Waals surface area contributed by atoms with E-state index in [1.54, 1.807) is 0 Å². The van der Waals surface area contributed by atoms with E-state index in [9.17, 15) is 0 Å². The molecule has 0 spiro atoms. The Balaban J connectivity index is 1.74. The molecule has 0 fully saturated rings. The lowest BCUT2D eigenvalue weighted by Crippen LogP contribution is -2.08. The number of anilines is 1. The Bertz CT molecular complexity index is 1100. The number of fused-ring (bicyclic) bond motifs is 1. The van der Waals surface area contributed by atoms with Crippen LogP contribution in [0.1, 0.15) is 41.1 Å². The molecule has 0 atom stereocenters. The molecule has 1 aliphatic heterocycles. The highest BCUT2D eigenvalue weighted by atomic mass is 79.9. The summed E-state index contributed by atoms with van der Waals surface area (Å²) < 4.78 is 3.15. The van der Waals surface area contributed by atoms with Crippen molar-refractivity contribution in [2.75, 3.05) is 11.9 Å². The van der Waals surface area contributed by atoms with Crippen molar-refractivity contribution < 1.29 is 0 Å². The van der Waals surface area contributed by atoms with Gasteiger partial charge in [0.1, 0.15) is 5.82 Å². The quantitative estimate of drug-likeness (QED) is 0.375. The molecule has 0 unspecified atom stereocenters. The van der Waals surface area contributed by atoms with Crippen LogP contribution in [0.3, 0.4) is 0 Å². The molecule has 2 heterocycles. The van der Waals surface area contributed by atoms with Gasteiger partial charge in [-0.2, -0.15) is 5.10 Å². The Morgan fingerprint density at radius 2 is 1.53 bits per heavy atom. The van der Waals surface area contributed by atoms with Crippen LogP contribution in [-0.4, -0.2) is 16.3 Å². The second-order valence-electron chi connectivity index (χ2n) is 7.74. The van der Waals surface area contributed by atoms with Crippen LogP contribution in [-0.2, 0) is 6.42 Å². The van der Waals surface area contributed by atoms with Crippen LogP contribution in [0.4, 0.5) is 5.82 Å². The average molecular weight is 458 g/mol. The van der Waals surface area contributed by atoms with Gasteiger partial charge in [-0.1, -0.05) is 82.7 Å². The van der Waals surface area contributed by atoms with E-state index in [1.165, 1.54) is 29.5 Å². The molecule has 30 heavy (non-hydrogen) atoms. The topological polar surface area (TPSA) is 29.9 Å². The molecule has 5 rings (SSSR count). The van der Waals surface area contributed by atoms with Gasteiger partial charge in [-0.3, -0.25) is 0 Å². The zero-order valence-electron chi connectivity index (χ0n) is 16.8. The first-order valence-corrected chi connectivity index (χ1v) is 11.3. The predicted molar refractivity (Wildman–Crippen MR) is 127 cm³/mol. The van der Waals surface area contributed by atoms with Crippen LogP contribution < -0.4 is 5.32 Å². The Hall–Kier alpha value is -2.85. The molecular formula is C26H24BrN3. The highest BCUT2D eigenvalue weighted by Gasteiger charge is 2.28. The van der Waals surface area contributed by atoms with E-state index >= 15 is 0 Å². The van der Waals surface area contributed by atoms with Gasteiger partial charge >= 0.3 is 0 Å². The number of nitrogens with one attached hydrogen (secondary N) is 1. The third kappa shape index (κ3) is 3.68. The summed E-state index contributed by atoms with van der Waals surface area (Å²) in [6.45, 7) is 0.980. The summed E-state index contributed by atoms with van der Waals surface area (Å²) in [7, 11) is 0. The van der Waals surface area contributed by atoms with Crippen molar-refractivity contribution in [3.8, 4) is 5.69 Å². The lowest BCUT2D eigenvalue weighted by molar-refractivity contribution is 0.754. The first kappa shape index (κ1) is 19.1. The molecule has 0 bridgehead atoms. The van der Waals surface area contributed by atoms with Gasteiger partial charge in [0.05, 0.1) is 17.3 Å². The molecule has 1 N–H and O–H groups in total. The van der Waals surface area contributed by atoms with Gasteiger partial charge in [0, 0.05) is 16.6 Å². The molecule has 1 aliphatic rings. The second kappa shape index (κ2) is 8.49. The minimum absolute atomic E-state index is 0.106. The van der Waals surface area contributed by atoms with E-state index in [2.05, 4.69) is 111 Å². The number of halogens is 1. The first-order valence-electron chi connectivity index (χ1n) is 10.5. The van der Waals surface area contributed by atoms with Gasteiger partial charge in [-0.05, 0) is 48.6 Å². The van der Waals surface area contributed by atoms with Crippen LogP contribution >= 0.6 is 15.9 Å². The Morgan fingerprint density at radius 3 is 2.20 bits per heavy atom. The minimum Gasteiger partial charge on any atom is -0.370 e. The summed E-state index contributed by atoms with van der Waals surface area (Å²) in [5.74, 6) is 1.24. The number of hydrogen-bond donors (Lipinski definition) is 1. The van der Waals surface area contributed by atoms with E-state index in [1.807, 2.05) is 0 Å². The molecule has 0 aliphatic carbocycles.